The molecule has 0 aliphatic rings. The number of rotatable bonds is 3. The molecule has 122 valence electrons. The number of hydrogen-bond donors (Lipinski definition) is 0. The van der Waals surface area contributed by atoms with Gasteiger partial charge in [-0.3, -0.25) is 0 Å². The van der Waals surface area contributed by atoms with Crippen molar-refractivity contribution in [1.82, 2.24) is 9.78 Å². The van der Waals surface area contributed by atoms with Gasteiger partial charge in [0.15, 0.2) is 0 Å². The van der Waals surface area contributed by atoms with Crippen molar-refractivity contribution in [2.24, 2.45) is 0 Å². The van der Waals surface area contributed by atoms with Crippen LogP contribution in [0.4, 0.5) is 4.39 Å². The van der Waals surface area contributed by atoms with Crippen molar-refractivity contribution < 1.29 is 12.1 Å². The fourth-order valence-corrected chi connectivity index (χ4v) is 3.56. The van der Waals surface area contributed by atoms with Crippen molar-refractivity contribution in [1.29, 1.82) is 0 Å². The van der Waals surface area contributed by atoms with Gasteiger partial charge in [-0.2, -0.15) is 0 Å². The Labute approximate surface area is 139 Å². The van der Waals surface area contributed by atoms with E-state index in [0.717, 1.165) is 4.68 Å². The molecule has 0 fully saturated rings. The van der Waals surface area contributed by atoms with E-state index in [1.165, 1.54) is 54.5 Å². The Morgan fingerprint density at radius 1 is 0.958 bits per heavy atom. The zero-order chi connectivity index (χ0) is 17.3. The number of hydrogen-bond acceptors (Lipinski definition) is 4. The molecule has 5 nitrogen and oxygen atoms in total. The van der Waals surface area contributed by atoms with Crippen LogP contribution < -0.4 is 10.0 Å². The van der Waals surface area contributed by atoms with Crippen LogP contribution in [0.5, 0.6) is 0 Å². The molecule has 0 N–H and O–H groups in total. The van der Waals surface area contributed by atoms with E-state index in [-0.39, 0.29) is 10.0 Å². The van der Waals surface area contributed by atoms with Crippen LogP contribution in [0, 0.1) is 5.82 Å². The SMILES string of the molecule is C[Se](=O)(=O)c1ccc(-c2cnn(-c3ccc(F)cc3)c(=O)c2)cc1. The zero-order valence-electron chi connectivity index (χ0n) is 12.7. The van der Waals surface area contributed by atoms with Crippen LogP contribution in [0.2, 0.25) is 5.82 Å². The second-order valence-corrected chi connectivity index (χ2v) is 9.50. The molecule has 2 aromatic carbocycles. The number of nitrogens with zero attached hydrogens (tertiary/aromatic N) is 2. The van der Waals surface area contributed by atoms with Gasteiger partial charge in [0.1, 0.15) is 0 Å². The topological polar surface area (TPSA) is 69.0 Å². The summed E-state index contributed by atoms with van der Waals surface area (Å²) in [4.78, 5) is 12.2. The first-order valence-electron chi connectivity index (χ1n) is 7.00. The molecule has 24 heavy (non-hydrogen) atoms. The van der Waals surface area contributed by atoms with Crippen molar-refractivity contribution in [3.8, 4) is 16.8 Å². The van der Waals surface area contributed by atoms with Crippen LogP contribution >= 0.6 is 0 Å². The van der Waals surface area contributed by atoms with Gasteiger partial charge in [-0.25, -0.2) is 4.39 Å². The van der Waals surface area contributed by atoms with E-state index >= 15 is 0 Å². The quantitative estimate of drug-likeness (QED) is 0.642. The van der Waals surface area contributed by atoms with Gasteiger partial charge < -0.3 is 0 Å². The van der Waals surface area contributed by atoms with Gasteiger partial charge in [-0.05, 0) is 0 Å². The second kappa shape index (κ2) is 6.11. The minimum atomic E-state index is -4.02. The molecule has 3 aromatic rings. The predicted octanol–water partition coefficient (Wildman–Crippen LogP) is 2.18. The predicted molar refractivity (Wildman–Crippen MR) is 87.9 cm³/mol. The van der Waals surface area contributed by atoms with E-state index in [0.29, 0.717) is 16.8 Å². The van der Waals surface area contributed by atoms with Gasteiger partial charge in [0, 0.05) is 0 Å². The molecule has 1 aromatic heterocycles. The van der Waals surface area contributed by atoms with E-state index in [1.54, 1.807) is 12.1 Å². The maximum atomic E-state index is 13.0. The molecule has 0 aliphatic carbocycles. The molecule has 0 amide bonds. The fourth-order valence-electron chi connectivity index (χ4n) is 2.24. The summed E-state index contributed by atoms with van der Waals surface area (Å²) in [6, 6.07) is 13.1. The standard InChI is InChI=1S/C17H13FN2O3Se/c1-24(22,23)16-8-2-12(3-9-16)13-10-17(21)20(19-11-13)15-6-4-14(18)5-7-15/h2-11H,1H3. The number of halogens is 1. The van der Waals surface area contributed by atoms with Gasteiger partial charge in [-0.15, -0.1) is 0 Å². The Balaban J connectivity index is 1.98. The summed E-state index contributed by atoms with van der Waals surface area (Å²) in [6.45, 7) is 0. The van der Waals surface area contributed by atoms with Crippen LogP contribution in [0.1, 0.15) is 0 Å². The first kappa shape index (κ1) is 16.2. The Morgan fingerprint density at radius 2 is 1.58 bits per heavy atom. The van der Waals surface area contributed by atoms with Crippen molar-refractivity contribution in [3.05, 3.63) is 77.0 Å². The summed E-state index contributed by atoms with van der Waals surface area (Å²) < 4.78 is 37.5. The molecular formula is C17H13FN2O3Se. The summed E-state index contributed by atoms with van der Waals surface area (Å²) in [7, 11) is 0. The van der Waals surface area contributed by atoms with E-state index in [4.69, 9.17) is 0 Å². The minimum absolute atomic E-state index is 0.280. The Hall–Kier alpha value is -2.63. The summed E-state index contributed by atoms with van der Waals surface area (Å²) in [5, 5.41) is 4.09. The molecule has 0 radical (unpaired) electrons. The molecule has 0 saturated carbocycles. The normalized spacial score (nSPS) is 11.4. The van der Waals surface area contributed by atoms with Crippen LogP contribution in [0.15, 0.2) is 65.6 Å². The van der Waals surface area contributed by atoms with Gasteiger partial charge in [0.05, 0.1) is 0 Å². The van der Waals surface area contributed by atoms with Crippen LogP contribution in [0.3, 0.4) is 0 Å². The van der Waals surface area contributed by atoms with E-state index < -0.39 is 18.5 Å². The molecule has 0 spiro atoms. The van der Waals surface area contributed by atoms with E-state index in [1.807, 2.05) is 0 Å². The Morgan fingerprint density at radius 3 is 2.12 bits per heavy atom. The fraction of sp³-hybridized carbons (Fsp3) is 0.0588. The molecule has 0 bridgehead atoms. The monoisotopic (exact) mass is 392 g/mol. The van der Waals surface area contributed by atoms with Crippen LogP contribution in [-0.4, -0.2) is 22.5 Å². The van der Waals surface area contributed by atoms with Crippen molar-refractivity contribution in [2.45, 2.75) is 5.82 Å². The average Bonchev–Trinajstić information content (AvgIpc) is 2.55. The number of aromatic nitrogens is 2. The van der Waals surface area contributed by atoms with Crippen molar-refractivity contribution in [3.63, 3.8) is 0 Å². The zero-order valence-corrected chi connectivity index (χ0v) is 14.4. The molecule has 0 unspecified atom stereocenters. The van der Waals surface area contributed by atoms with Gasteiger partial charge in [0.25, 0.3) is 0 Å². The van der Waals surface area contributed by atoms with E-state index in [9.17, 15) is 16.9 Å². The Kier molecular flexibility index (Phi) is 4.13. The van der Waals surface area contributed by atoms with Crippen LogP contribution in [-0.2, 0) is 7.67 Å². The van der Waals surface area contributed by atoms with Crippen LogP contribution in [0.25, 0.3) is 16.8 Å². The summed E-state index contributed by atoms with van der Waals surface area (Å²) in [5.41, 5.74) is 1.36. The second-order valence-electron chi connectivity index (χ2n) is 5.27. The van der Waals surface area contributed by atoms with E-state index in [2.05, 4.69) is 5.10 Å². The molecular weight excluding hydrogens is 378 g/mol. The summed E-state index contributed by atoms with van der Waals surface area (Å²) >= 11 is -4.02. The van der Waals surface area contributed by atoms with Gasteiger partial charge in [0.2, 0.25) is 0 Å². The summed E-state index contributed by atoms with van der Waals surface area (Å²) in [6.07, 6.45) is 1.51. The maximum absolute atomic E-state index is 13.0. The molecule has 1 heterocycles. The van der Waals surface area contributed by atoms with Crippen molar-refractivity contribution >= 4 is 17.2 Å². The van der Waals surface area contributed by atoms with Crippen molar-refractivity contribution in [2.75, 3.05) is 0 Å². The molecule has 7 heteroatoms. The third-order valence-electron chi connectivity index (χ3n) is 3.49. The number of benzene rings is 2. The van der Waals surface area contributed by atoms with Gasteiger partial charge in [-0.1, -0.05) is 0 Å². The first-order valence-corrected chi connectivity index (χ1v) is 11.0. The van der Waals surface area contributed by atoms with Gasteiger partial charge >= 0.3 is 134 Å². The molecule has 3 rings (SSSR count). The molecule has 0 saturated heterocycles. The summed E-state index contributed by atoms with van der Waals surface area (Å²) in [5.74, 6) is 0.813. The molecule has 0 aliphatic heterocycles. The Bertz CT molecular complexity index is 1040. The third-order valence-corrected chi connectivity index (χ3v) is 5.85. The average molecular weight is 391 g/mol. The first-order chi connectivity index (χ1) is 11.3. The molecule has 0 atom stereocenters. The third kappa shape index (κ3) is 3.32.